The molecule has 1 amide bonds. The number of carbonyl (C=O) groups excluding carboxylic acids is 1. The summed E-state index contributed by atoms with van der Waals surface area (Å²) in [4.78, 5) is 18.6. The number of aromatic nitrogens is 1. The van der Waals surface area contributed by atoms with Crippen molar-refractivity contribution in [2.75, 3.05) is 11.9 Å². The lowest BCUT2D eigenvalue weighted by atomic mass is 10.2. The number of nitrogens with zero attached hydrogens (tertiary/aromatic N) is 4. The molecule has 0 spiro atoms. The third-order valence-corrected chi connectivity index (χ3v) is 3.44. The number of halogens is 1. The van der Waals surface area contributed by atoms with Crippen LogP contribution in [0.3, 0.4) is 0 Å². The maximum Gasteiger partial charge on any atom is 0.413 e. The quantitative estimate of drug-likeness (QED) is 0.371. The Morgan fingerprint density at radius 2 is 2.38 bits per heavy atom. The first-order valence-corrected chi connectivity index (χ1v) is 7.27. The number of nitrogens with one attached hydrogen (secondary N) is 1. The number of alkyl halides is 1. The molecule has 0 aliphatic heterocycles. The van der Waals surface area contributed by atoms with Crippen molar-refractivity contribution < 1.29 is 14.6 Å². The molecular formula is C11H16ClN5O3S. The Morgan fingerprint density at radius 3 is 2.95 bits per heavy atom. The molecule has 1 aromatic heterocycles. The van der Waals surface area contributed by atoms with Crippen molar-refractivity contribution >= 4 is 34.2 Å². The van der Waals surface area contributed by atoms with E-state index in [2.05, 4.69) is 20.3 Å². The fourth-order valence-electron chi connectivity index (χ4n) is 1.26. The SMILES string of the molecule is CC(C)(C)OC(=O)Nc1ncc([C@@H](O)[C@@H](Cl)CN=[N+]=[N-])s1. The van der Waals surface area contributed by atoms with E-state index in [9.17, 15) is 9.90 Å². The van der Waals surface area contributed by atoms with Gasteiger partial charge in [-0.1, -0.05) is 16.5 Å². The van der Waals surface area contributed by atoms with Crippen LogP contribution in [0.2, 0.25) is 0 Å². The van der Waals surface area contributed by atoms with Crippen LogP contribution in [0.1, 0.15) is 31.8 Å². The number of amides is 1. The molecule has 0 saturated carbocycles. The molecule has 2 atom stereocenters. The molecule has 0 radical (unpaired) electrons. The zero-order valence-electron chi connectivity index (χ0n) is 11.8. The molecule has 116 valence electrons. The van der Waals surface area contributed by atoms with E-state index in [0.29, 0.717) is 4.88 Å². The van der Waals surface area contributed by atoms with Crippen LogP contribution in [0, 0.1) is 0 Å². The Morgan fingerprint density at radius 1 is 1.71 bits per heavy atom. The molecular weight excluding hydrogens is 318 g/mol. The summed E-state index contributed by atoms with van der Waals surface area (Å²) in [7, 11) is 0. The number of thiazole rings is 1. The van der Waals surface area contributed by atoms with Gasteiger partial charge in [-0.05, 0) is 26.3 Å². The molecule has 1 rings (SSSR count). The molecule has 0 aromatic carbocycles. The fraction of sp³-hybridized carbons (Fsp3) is 0.636. The molecule has 0 fully saturated rings. The molecule has 1 aromatic rings. The van der Waals surface area contributed by atoms with E-state index >= 15 is 0 Å². The topological polar surface area (TPSA) is 120 Å². The Bertz CT molecular complexity index is 538. The van der Waals surface area contributed by atoms with Gasteiger partial charge in [-0.25, -0.2) is 9.78 Å². The van der Waals surface area contributed by atoms with Gasteiger partial charge in [0.25, 0.3) is 0 Å². The molecule has 10 heteroatoms. The van der Waals surface area contributed by atoms with Crippen molar-refractivity contribution in [1.29, 1.82) is 0 Å². The lowest BCUT2D eigenvalue weighted by Crippen LogP contribution is -2.27. The lowest BCUT2D eigenvalue weighted by Gasteiger charge is -2.18. The fourth-order valence-corrected chi connectivity index (χ4v) is 2.39. The average molecular weight is 334 g/mol. The van der Waals surface area contributed by atoms with Gasteiger partial charge in [0.05, 0.1) is 10.3 Å². The number of rotatable bonds is 5. The maximum absolute atomic E-state index is 11.6. The maximum atomic E-state index is 11.6. The second kappa shape index (κ2) is 7.46. The molecule has 0 unspecified atom stereocenters. The molecule has 2 N–H and O–H groups in total. The number of hydrogen-bond acceptors (Lipinski definition) is 6. The number of azide groups is 1. The van der Waals surface area contributed by atoms with Crippen molar-refractivity contribution in [1.82, 2.24) is 4.98 Å². The summed E-state index contributed by atoms with van der Waals surface area (Å²) in [5, 5.41) is 15.2. The number of hydrogen-bond donors (Lipinski definition) is 2. The summed E-state index contributed by atoms with van der Waals surface area (Å²) in [5.41, 5.74) is 7.60. The summed E-state index contributed by atoms with van der Waals surface area (Å²) >= 11 is 6.96. The van der Waals surface area contributed by atoms with Crippen molar-refractivity contribution in [2.24, 2.45) is 5.11 Å². The molecule has 21 heavy (non-hydrogen) atoms. The number of aliphatic hydroxyl groups excluding tert-OH is 1. The molecule has 8 nitrogen and oxygen atoms in total. The van der Waals surface area contributed by atoms with Crippen molar-refractivity contribution in [3.63, 3.8) is 0 Å². The predicted molar refractivity (Wildman–Crippen MR) is 80.6 cm³/mol. The van der Waals surface area contributed by atoms with Gasteiger partial charge in [-0.2, -0.15) is 0 Å². The van der Waals surface area contributed by atoms with Gasteiger partial charge >= 0.3 is 6.09 Å². The van der Waals surface area contributed by atoms with E-state index < -0.39 is 23.2 Å². The summed E-state index contributed by atoms with van der Waals surface area (Å²) in [6, 6.07) is 0. The Labute approximate surface area is 130 Å². The van der Waals surface area contributed by atoms with E-state index in [1.165, 1.54) is 6.20 Å². The smallest absolute Gasteiger partial charge is 0.413 e. The van der Waals surface area contributed by atoms with Crippen LogP contribution >= 0.6 is 22.9 Å². The third-order valence-electron chi connectivity index (χ3n) is 2.08. The van der Waals surface area contributed by atoms with Gasteiger partial charge in [0.2, 0.25) is 0 Å². The predicted octanol–water partition coefficient (Wildman–Crippen LogP) is 3.44. The van der Waals surface area contributed by atoms with Crippen LogP contribution in [0.4, 0.5) is 9.93 Å². The standard InChI is InChI=1S/C11H16ClN5O3S/c1-11(2,3)20-10(19)16-9-14-5-7(21-9)8(18)6(12)4-15-17-13/h5-6,8,18H,4H2,1-3H3,(H,14,16,19)/t6-,8-/m0/s1. The number of carbonyl (C=O) groups is 1. The highest BCUT2D eigenvalue weighted by atomic mass is 35.5. The van der Waals surface area contributed by atoms with Gasteiger partial charge in [-0.3, -0.25) is 5.32 Å². The number of ether oxygens (including phenoxy) is 1. The first-order chi connectivity index (χ1) is 9.73. The lowest BCUT2D eigenvalue weighted by molar-refractivity contribution is 0.0636. The van der Waals surface area contributed by atoms with E-state index in [1.54, 1.807) is 20.8 Å². The van der Waals surface area contributed by atoms with Crippen molar-refractivity contribution in [3.8, 4) is 0 Å². The third kappa shape index (κ3) is 6.17. The monoisotopic (exact) mass is 333 g/mol. The van der Waals surface area contributed by atoms with E-state index in [0.717, 1.165) is 11.3 Å². The molecule has 0 saturated heterocycles. The van der Waals surface area contributed by atoms with Crippen LogP contribution < -0.4 is 5.32 Å². The van der Waals surface area contributed by atoms with Gasteiger partial charge in [0, 0.05) is 17.7 Å². The zero-order chi connectivity index (χ0) is 16.0. The summed E-state index contributed by atoms with van der Waals surface area (Å²) < 4.78 is 5.08. The summed E-state index contributed by atoms with van der Waals surface area (Å²) in [5.74, 6) is 0. The molecule has 0 aliphatic carbocycles. The summed E-state index contributed by atoms with van der Waals surface area (Å²) in [6.45, 7) is 5.19. The van der Waals surface area contributed by atoms with E-state index in [-0.39, 0.29) is 11.7 Å². The second-order valence-electron chi connectivity index (χ2n) is 5.07. The van der Waals surface area contributed by atoms with Crippen molar-refractivity contribution in [2.45, 2.75) is 37.9 Å². The van der Waals surface area contributed by atoms with Crippen LogP contribution in [0.25, 0.3) is 10.4 Å². The minimum absolute atomic E-state index is 0.0497. The van der Waals surface area contributed by atoms with E-state index in [1.807, 2.05) is 0 Å². The van der Waals surface area contributed by atoms with Gasteiger partial charge < -0.3 is 9.84 Å². The second-order valence-corrected chi connectivity index (χ2v) is 6.69. The number of anilines is 1. The Kier molecular flexibility index (Phi) is 6.22. The number of aliphatic hydroxyl groups is 1. The zero-order valence-corrected chi connectivity index (χ0v) is 13.4. The normalized spacial score (nSPS) is 14.0. The first-order valence-electron chi connectivity index (χ1n) is 6.01. The van der Waals surface area contributed by atoms with Gasteiger partial charge in [0.1, 0.15) is 11.7 Å². The first kappa shape index (κ1) is 17.5. The molecule has 1 heterocycles. The van der Waals surface area contributed by atoms with Gasteiger partial charge in [0.15, 0.2) is 5.13 Å². The largest absolute Gasteiger partial charge is 0.444 e. The van der Waals surface area contributed by atoms with Crippen LogP contribution in [-0.4, -0.2) is 33.7 Å². The Hall–Kier alpha value is -1.54. The van der Waals surface area contributed by atoms with Crippen LogP contribution in [0.15, 0.2) is 11.3 Å². The van der Waals surface area contributed by atoms with E-state index in [4.69, 9.17) is 21.9 Å². The minimum atomic E-state index is -1.04. The van der Waals surface area contributed by atoms with Crippen molar-refractivity contribution in [3.05, 3.63) is 21.5 Å². The highest BCUT2D eigenvalue weighted by molar-refractivity contribution is 7.15. The minimum Gasteiger partial charge on any atom is -0.444 e. The highest BCUT2D eigenvalue weighted by Crippen LogP contribution is 2.29. The Balaban J connectivity index is 2.64. The van der Waals surface area contributed by atoms with Crippen LogP contribution in [-0.2, 0) is 4.74 Å². The average Bonchev–Trinajstić information content (AvgIpc) is 2.80. The molecule has 0 aliphatic rings. The highest BCUT2D eigenvalue weighted by Gasteiger charge is 2.22. The summed E-state index contributed by atoms with van der Waals surface area (Å²) in [6.07, 6.45) is -0.272. The van der Waals surface area contributed by atoms with Gasteiger partial charge in [-0.15, -0.1) is 11.6 Å². The van der Waals surface area contributed by atoms with Crippen LogP contribution in [0.5, 0.6) is 0 Å². The molecule has 0 bridgehead atoms.